The number of fused-ring (bicyclic) bond motifs is 4. The van der Waals surface area contributed by atoms with Crippen LogP contribution in [-0.2, 0) is 0 Å². The van der Waals surface area contributed by atoms with Crippen LogP contribution in [0.5, 0.6) is 5.75 Å². The highest BCUT2D eigenvalue weighted by Crippen LogP contribution is 2.31. The summed E-state index contributed by atoms with van der Waals surface area (Å²) in [5, 5.41) is 3.62. The van der Waals surface area contributed by atoms with E-state index in [0.717, 1.165) is 24.1 Å². The number of hydrogen-bond acceptors (Lipinski definition) is 5. The molecular formula is C19H19ClN2O3. The number of nitrogens with one attached hydrogen (secondary N) is 1. The maximum atomic E-state index is 11.5. The van der Waals surface area contributed by atoms with E-state index in [1.54, 1.807) is 6.07 Å². The first-order valence-corrected chi connectivity index (χ1v) is 8.50. The Bertz CT molecular complexity index is 929. The van der Waals surface area contributed by atoms with Gasteiger partial charge < -0.3 is 14.5 Å². The summed E-state index contributed by atoms with van der Waals surface area (Å²) in [6, 6.07) is 11.6. The molecule has 0 unspecified atom stereocenters. The van der Waals surface area contributed by atoms with Crippen molar-refractivity contribution in [1.82, 2.24) is 10.3 Å². The second-order valence-corrected chi connectivity index (χ2v) is 6.82. The third-order valence-corrected chi connectivity index (χ3v) is 5.06. The van der Waals surface area contributed by atoms with Crippen molar-refractivity contribution in [1.29, 1.82) is 0 Å². The van der Waals surface area contributed by atoms with Gasteiger partial charge in [-0.2, -0.15) is 0 Å². The van der Waals surface area contributed by atoms with Gasteiger partial charge in [-0.15, -0.1) is 12.4 Å². The summed E-state index contributed by atoms with van der Waals surface area (Å²) in [5.74, 6) is 1.31. The first kappa shape index (κ1) is 16.4. The van der Waals surface area contributed by atoms with Crippen LogP contribution in [0.2, 0.25) is 0 Å². The van der Waals surface area contributed by atoms with E-state index in [1.807, 2.05) is 18.2 Å². The van der Waals surface area contributed by atoms with E-state index in [0.29, 0.717) is 29.1 Å². The zero-order chi connectivity index (χ0) is 16.1. The van der Waals surface area contributed by atoms with Gasteiger partial charge in [-0.3, -0.25) is 4.79 Å². The lowest BCUT2D eigenvalue weighted by molar-refractivity contribution is 0.137. The maximum Gasteiger partial charge on any atom is 0.182 e. The van der Waals surface area contributed by atoms with Crippen LogP contribution in [0.4, 0.5) is 0 Å². The Labute approximate surface area is 151 Å². The van der Waals surface area contributed by atoms with Crippen LogP contribution in [0.1, 0.15) is 25.7 Å². The highest BCUT2D eigenvalue weighted by molar-refractivity contribution is 5.85. The van der Waals surface area contributed by atoms with Crippen LogP contribution in [0.25, 0.3) is 22.6 Å². The maximum absolute atomic E-state index is 11.5. The van der Waals surface area contributed by atoms with Gasteiger partial charge in [-0.05, 0) is 49.9 Å². The van der Waals surface area contributed by atoms with Crippen LogP contribution < -0.4 is 15.5 Å². The second kappa shape index (κ2) is 6.32. The molecule has 3 heterocycles. The zero-order valence-electron chi connectivity index (χ0n) is 13.6. The van der Waals surface area contributed by atoms with Crippen molar-refractivity contribution < 1.29 is 9.15 Å². The smallest absolute Gasteiger partial charge is 0.182 e. The average Bonchev–Trinajstić information content (AvgIpc) is 2.91. The first-order chi connectivity index (χ1) is 11.7. The van der Waals surface area contributed by atoms with E-state index in [1.165, 1.54) is 25.0 Å². The van der Waals surface area contributed by atoms with Gasteiger partial charge >= 0.3 is 0 Å². The predicted molar refractivity (Wildman–Crippen MR) is 97.7 cm³/mol. The summed E-state index contributed by atoms with van der Waals surface area (Å²) in [6.07, 6.45) is 4.88. The Morgan fingerprint density at radius 1 is 1.08 bits per heavy atom. The van der Waals surface area contributed by atoms with E-state index < -0.39 is 0 Å². The molecule has 130 valence electrons. The number of rotatable bonds is 2. The van der Waals surface area contributed by atoms with Gasteiger partial charge in [0.15, 0.2) is 16.8 Å². The summed E-state index contributed by atoms with van der Waals surface area (Å²) in [4.78, 5) is 16.0. The van der Waals surface area contributed by atoms with Crippen LogP contribution >= 0.6 is 12.4 Å². The highest BCUT2D eigenvalue weighted by atomic mass is 35.5. The summed E-state index contributed by atoms with van der Waals surface area (Å²) < 4.78 is 12.0. The topological polar surface area (TPSA) is 64.4 Å². The molecule has 6 heteroatoms. The largest absolute Gasteiger partial charge is 0.490 e. The number of aromatic nitrogens is 1. The lowest BCUT2D eigenvalue weighted by Crippen LogP contribution is -2.42. The lowest BCUT2D eigenvalue weighted by atomic mass is 10.0. The van der Waals surface area contributed by atoms with E-state index in [-0.39, 0.29) is 23.9 Å². The first-order valence-electron chi connectivity index (χ1n) is 8.50. The van der Waals surface area contributed by atoms with Crippen LogP contribution in [0.3, 0.4) is 0 Å². The summed E-state index contributed by atoms with van der Waals surface area (Å²) in [7, 11) is 0. The summed E-state index contributed by atoms with van der Waals surface area (Å²) in [5.41, 5.74) is 2.01. The fourth-order valence-electron chi connectivity index (χ4n) is 3.95. The Hall–Kier alpha value is -2.11. The fraction of sp³-hybridized carbons (Fsp3) is 0.368. The summed E-state index contributed by atoms with van der Waals surface area (Å²) in [6.45, 7) is 0. The van der Waals surface area contributed by atoms with Crippen molar-refractivity contribution in [3.05, 3.63) is 46.6 Å². The normalized spacial score (nSPS) is 25.0. The van der Waals surface area contributed by atoms with Crippen LogP contribution in [0.15, 0.2) is 45.6 Å². The minimum atomic E-state index is -0.0787. The van der Waals surface area contributed by atoms with Gasteiger partial charge in [-0.25, -0.2) is 4.98 Å². The fourth-order valence-corrected chi connectivity index (χ4v) is 3.95. The van der Waals surface area contributed by atoms with Gasteiger partial charge in [0.1, 0.15) is 23.1 Å². The molecule has 0 spiro atoms. The monoisotopic (exact) mass is 358 g/mol. The molecule has 2 saturated heterocycles. The SMILES string of the molecule is Cl.O=c1ccc2nc3ccc(O[C@H]4C[C@H]5CC[C@@H](C4)N5)cc3oc-2c1. The van der Waals surface area contributed by atoms with Crippen molar-refractivity contribution in [2.75, 3.05) is 0 Å². The van der Waals surface area contributed by atoms with Gasteiger partial charge in [0.2, 0.25) is 0 Å². The molecule has 1 aliphatic carbocycles. The molecule has 4 aliphatic rings. The molecule has 0 aromatic heterocycles. The van der Waals surface area contributed by atoms with Crippen LogP contribution in [-0.4, -0.2) is 23.2 Å². The standard InChI is InChI=1S/C19H18N2O3.ClH/c22-13-3-5-16-18(9-13)24-19-10-14(4-6-17(19)21-16)23-15-7-11-1-2-12(8-15)20-11;/h3-6,9-12,15,20H,1-2,7-8H2;1H/t11-,12+,15+;. The molecule has 1 N–H and O–H groups in total. The van der Waals surface area contributed by atoms with Crippen molar-refractivity contribution in [3.63, 3.8) is 0 Å². The Morgan fingerprint density at radius 2 is 1.88 bits per heavy atom. The molecule has 3 aliphatic heterocycles. The molecule has 2 bridgehead atoms. The van der Waals surface area contributed by atoms with E-state index in [4.69, 9.17) is 9.15 Å². The number of benzene rings is 2. The van der Waals surface area contributed by atoms with E-state index in [2.05, 4.69) is 10.3 Å². The minimum Gasteiger partial charge on any atom is -0.490 e. The van der Waals surface area contributed by atoms with Gasteiger partial charge in [0.05, 0.1) is 0 Å². The third-order valence-electron chi connectivity index (χ3n) is 5.06. The molecule has 2 fully saturated rings. The van der Waals surface area contributed by atoms with Crippen molar-refractivity contribution in [2.24, 2.45) is 0 Å². The molecule has 5 nitrogen and oxygen atoms in total. The van der Waals surface area contributed by atoms with Gasteiger partial charge in [-0.1, -0.05) is 0 Å². The molecule has 0 amide bonds. The number of hydrogen-bond donors (Lipinski definition) is 1. The average molecular weight is 359 g/mol. The molecule has 1 aromatic carbocycles. The van der Waals surface area contributed by atoms with Crippen molar-refractivity contribution in [2.45, 2.75) is 43.9 Å². The zero-order valence-corrected chi connectivity index (χ0v) is 14.4. The number of nitrogens with zero attached hydrogens (tertiary/aromatic N) is 1. The second-order valence-electron chi connectivity index (χ2n) is 6.82. The van der Waals surface area contributed by atoms with E-state index in [9.17, 15) is 4.79 Å². The molecule has 0 saturated carbocycles. The summed E-state index contributed by atoms with van der Waals surface area (Å²) >= 11 is 0. The highest BCUT2D eigenvalue weighted by Gasteiger charge is 2.34. The molecule has 1 aromatic rings. The Balaban J connectivity index is 0.00000157. The van der Waals surface area contributed by atoms with Crippen molar-refractivity contribution >= 4 is 23.5 Å². The number of piperidine rings is 1. The Kier molecular flexibility index (Phi) is 4.13. The molecular weight excluding hydrogens is 340 g/mol. The Morgan fingerprint density at radius 3 is 2.68 bits per heavy atom. The van der Waals surface area contributed by atoms with Crippen LogP contribution in [0, 0.1) is 0 Å². The third kappa shape index (κ3) is 3.10. The lowest BCUT2D eigenvalue weighted by Gasteiger charge is -2.29. The number of ether oxygens (including phenoxy) is 1. The number of halogens is 1. The molecule has 0 radical (unpaired) electrons. The van der Waals surface area contributed by atoms with E-state index >= 15 is 0 Å². The quantitative estimate of drug-likeness (QED) is 0.711. The minimum absolute atomic E-state index is 0. The van der Waals surface area contributed by atoms with Gasteiger partial charge in [0, 0.05) is 24.2 Å². The van der Waals surface area contributed by atoms with Gasteiger partial charge in [0.25, 0.3) is 0 Å². The predicted octanol–water partition coefficient (Wildman–Crippen LogP) is 3.38. The molecule has 25 heavy (non-hydrogen) atoms. The van der Waals surface area contributed by atoms with Crippen molar-refractivity contribution in [3.8, 4) is 17.2 Å². The molecule has 3 atom stereocenters. The molecule has 5 rings (SSSR count).